The van der Waals surface area contributed by atoms with Crippen molar-refractivity contribution in [1.29, 1.82) is 0 Å². The van der Waals surface area contributed by atoms with E-state index in [0.717, 1.165) is 0 Å². The van der Waals surface area contributed by atoms with Crippen molar-refractivity contribution in [3.8, 4) is 0 Å². The van der Waals surface area contributed by atoms with Crippen molar-refractivity contribution in [3.05, 3.63) is 0 Å². The van der Waals surface area contributed by atoms with E-state index in [1.165, 1.54) is 0 Å². The molecule has 4 fully saturated rings. The van der Waals surface area contributed by atoms with Gasteiger partial charge in [-0.15, -0.1) is 0 Å². The fraction of sp³-hybridized carbons (Fsp3) is 1.00. The molecule has 0 aromatic heterocycles. The Morgan fingerprint density at radius 2 is 1.41 bits per heavy atom. The molecule has 9 heteroatoms. The van der Waals surface area contributed by atoms with Crippen LogP contribution in [-0.2, 0) is 14.2 Å². The van der Waals surface area contributed by atoms with Gasteiger partial charge in [0.1, 0.15) is 30.5 Å². The predicted octanol–water partition coefficient (Wildman–Crippen LogP) is -1.52. The Hall–Kier alpha value is -0.450. The van der Waals surface area contributed by atoms with Gasteiger partial charge in [0.15, 0.2) is 0 Å². The summed E-state index contributed by atoms with van der Waals surface area (Å²) in [6.45, 7) is -1.40. The van der Waals surface area contributed by atoms with Crippen LogP contribution in [0, 0.1) is 0 Å². The van der Waals surface area contributed by atoms with Crippen molar-refractivity contribution < 1.29 is 42.7 Å². The van der Waals surface area contributed by atoms with Crippen molar-refractivity contribution in [3.63, 3.8) is 0 Å². The van der Waals surface area contributed by atoms with E-state index in [2.05, 4.69) is 9.47 Å². The fourth-order valence-corrected chi connectivity index (χ4v) is 2.55. The van der Waals surface area contributed by atoms with Gasteiger partial charge in [0, 0.05) is 0 Å². The van der Waals surface area contributed by atoms with E-state index in [4.69, 9.17) is 4.74 Å². The SMILES string of the molecule is OC1C2OC3O[C@H]1C(O)(C(F)(F)F)[C@@H](O3)C2O. The van der Waals surface area contributed by atoms with Crippen molar-refractivity contribution >= 4 is 0 Å². The zero-order valence-electron chi connectivity index (χ0n) is 8.16. The summed E-state index contributed by atoms with van der Waals surface area (Å²) in [5, 5.41) is 28.9. The van der Waals surface area contributed by atoms with Gasteiger partial charge in [-0.2, -0.15) is 13.2 Å². The Kier molecular flexibility index (Phi) is 2.13. The molecule has 5 unspecified atom stereocenters. The van der Waals surface area contributed by atoms with E-state index >= 15 is 0 Å². The Balaban J connectivity index is 2.07. The van der Waals surface area contributed by atoms with Crippen molar-refractivity contribution in [2.45, 2.75) is 48.8 Å². The minimum absolute atomic E-state index is 1.25. The Morgan fingerprint density at radius 1 is 0.941 bits per heavy atom. The van der Waals surface area contributed by atoms with Gasteiger partial charge in [-0.3, -0.25) is 0 Å². The molecule has 0 aromatic rings. The molecule has 4 rings (SSSR count). The highest BCUT2D eigenvalue weighted by Gasteiger charge is 2.77. The van der Waals surface area contributed by atoms with Crippen LogP contribution < -0.4 is 0 Å². The number of rotatable bonds is 0. The summed E-state index contributed by atoms with van der Waals surface area (Å²) in [6, 6.07) is 0. The summed E-state index contributed by atoms with van der Waals surface area (Å²) in [7, 11) is 0. The lowest BCUT2D eigenvalue weighted by Crippen LogP contribution is -2.83. The molecule has 0 aromatic carbocycles. The maximum atomic E-state index is 12.9. The lowest BCUT2D eigenvalue weighted by atomic mass is 9.72. The third kappa shape index (κ3) is 1.21. The zero-order valence-corrected chi connectivity index (χ0v) is 8.16. The second-order valence-electron chi connectivity index (χ2n) is 4.31. The molecular weight excluding hydrogens is 249 g/mol. The quantitative estimate of drug-likeness (QED) is 0.489. The predicted molar refractivity (Wildman–Crippen MR) is 41.4 cm³/mol. The summed E-state index contributed by atoms with van der Waals surface area (Å²) in [5.74, 6) is 0. The number of hydrogen-bond acceptors (Lipinski definition) is 6. The number of aliphatic hydroxyl groups is 3. The van der Waals surface area contributed by atoms with Crippen molar-refractivity contribution in [2.75, 3.05) is 0 Å². The van der Waals surface area contributed by atoms with Gasteiger partial charge in [-0.1, -0.05) is 0 Å². The van der Waals surface area contributed by atoms with E-state index < -0.39 is 48.8 Å². The first-order valence-electron chi connectivity index (χ1n) is 4.88. The van der Waals surface area contributed by atoms with Crippen LogP contribution in [0.25, 0.3) is 0 Å². The summed E-state index contributed by atoms with van der Waals surface area (Å²) >= 11 is 0. The van der Waals surface area contributed by atoms with Crippen LogP contribution in [0.15, 0.2) is 0 Å². The normalized spacial score (nSPS) is 57.5. The third-order valence-electron chi connectivity index (χ3n) is 3.40. The molecule has 17 heavy (non-hydrogen) atoms. The number of alkyl halides is 3. The van der Waals surface area contributed by atoms with Gasteiger partial charge in [0.25, 0.3) is 6.48 Å². The topological polar surface area (TPSA) is 88.4 Å². The van der Waals surface area contributed by atoms with Crippen molar-refractivity contribution in [1.82, 2.24) is 0 Å². The Labute approximate surface area is 92.5 Å². The minimum Gasteiger partial charge on any atom is -0.387 e. The molecular formula is C8H9F3O6. The summed E-state index contributed by atoms with van der Waals surface area (Å²) in [4.78, 5) is 0. The lowest BCUT2D eigenvalue weighted by molar-refractivity contribution is -0.524. The minimum atomic E-state index is -5.10. The average molecular weight is 258 g/mol. The Bertz CT molecular complexity index is 327. The molecule has 1 aliphatic carbocycles. The van der Waals surface area contributed by atoms with Crippen LogP contribution in [0.3, 0.4) is 0 Å². The van der Waals surface area contributed by atoms with Gasteiger partial charge in [0.05, 0.1) is 0 Å². The molecule has 7 atom stereocenters. The summed E-state index contributed by atoms with van der Waals surface area (Å²) < 4.78 is 52.7. The molecule has 6 nitrogen and oxygen atoms in total. The highest BCUT2D eigenvalue weighted by atomic mass is 19.4. The molecule has 98 valence electrons. The first-order valence-corrected chi connectivity index (χ1v) is 4.88. The highest BCUT2D eigenvalue weighted by Crippen LogP contribution is 2.51. The van der Waals surface area contributed by atoms with Crippen LogP contribution in [0.5, 0.6) is 0 Å². The molecule has 0 radical (unpaired) electrons. The number of aliphatic hydroxyl groups excluding tert-OH is 2. The largest absolute Gasteiger partial charge is 0.422 e. The molecule has 0 amide bonds. The fourth-order valence-electron chi connectivity index (χ4n) is 2.55. The van der Waals surface area contributed by atoms with Crippen LogP contribution >= 0.6 is 0 Å². The first kappa shape index (κ1) is 11.6. The van der Waals surface area contributed by atoms with Crippen LogP contribution in [0.4, 0.5) is 13.2 Å². The smallest absolute Gasteiger partial charge is 0.387 e. The second-order valence-corrected chi connectivity index (χ2v) is 4.31. The molecule has 4 aliphatic rings. The maximum Gasteiger partial charge on any atom is 0.422 e. The van der Waals surface area contributed by atoms with E-state index in [-0.39, 0.29) is 0 Å². The zero-order chi connectivity index (χ0) is 12.6. The third-order valence-corrected chi connectivity index (χ3v) is 3.40. The van der Waals surface area contributed by atoms with Gasteiger partial charge in [0.2, 0.25) is 5.60 Å². The molecule has 3 heterocycles. The molecule has 3 N–H and O–H groups in total. The molecule has 0 spiro atoms. The van der Waals surface area contributed by atoms with Crippen molar-refractivity contribution in [2.24, 2.45) is 0 Å². The Morgan fingerprint density at radius 3 is 1.82 bits per heavy atom. The molecule has 3 saturated heterocycles. The van der Waals surface area contributed by atoms with Gasteiger partial charge in [-0.25, -0.2) is 0 Å². The molecule has 3 aliphatic heterocycles. The second kappa shape index (κ2) is 3.11. The van der Waals surface area contributed by atoms with E-state index in [1.54, 1.807) is 0 Å². The van der Waals surface area contributed by atoms with E-state index in [0.29, 0.717) is 0 Å². The van der Waals surface area contributed by atoms with Gasteiger partial charge >= 0.3 is 6.18 Å². The highest BCUT2D eigenvalue weighted by molar-refractivity contribution is 5.16. The molecule has 4 bridgehead atoms. The lowest BCUT2D eigenvalue weighted by Gasteiger charge is -2.60. The van der Waals surface area contributed by atoms with Crippen LogP contribution in [-0.4, -0.2) is 64.1 Å². The molecule has 1 saturated carbocycles. The summed E-state index contributed by atoms with van der Waals surface area (Å²) in [6.07, 6.45) is -13.7. The standard InChI is InChI=1S/C8H9F3O6/c9-8(10,11)7(14)4-1(12)3-2(13)5(7)17-6(15-3)16-4/h1-6,12-14H/t1?,2?,3?,4-,5+,6?,7?. The average Bonchev–Trinajstić information content (AvgIpc) is 2.23. The number of ether oxygens (including phenoxy) is 3. The van der Waals surface area contributed by atoms with Crippen LogP contribution in [0.2, 0.25) is 0 Å². The van der Waals surface area contributed by atoms with Gasteiger partial charge in [-0.05, 0) is 0 Å². The van der Waals surface area contributed by atoms with Gasteiger partial charge < -0.3 is 29.5 Å². The number of halogens is 3. The number of hydrogen-bond donors (Lipinski definition) is 3. The monoisotopic (exact) mass is 258 g/mol. The maximum absolute atomic E-state index is 12.9. The first-order chi connectivity index (χ1) is 7.76. The van der Waals surface area contributed by atoms with Crippen LogP contribution in [0.1, 0.15) is 0 Å². The summed E-state index contributed by atoms with van der Waals surface area (Å²) in [5.41, 5.74) is -3.44. The van der Waals surface area contributed by atoms with E-state index in [9.17, 15) is 28.5 Å². The van der Waals surface area contributed by atoms with E-state index in [1.807, 2.05) is 0 Å².